The van der Waals surface area contributed by atoms with Crippen LogP contribution in [0.5, 0.6) is 0 Å². The number of phosphoric ester groups is 3. The van der Waals surface area contributed by atoms with Crippen molar-refractivity contribution < 1.29 is 144 Å². The second-order valence-corrected chi connectivity index (χ2v) is 21.4. The number of phosphoric acid groups is 3. The maximum Gasteiger partial charge on any atom is 0.474 e. The zero-order valence-corrected chi connectivity index (χ0v) is 42.1. The van der Waals surface area contributed by atoms with Gasteiger partial charge in [0.05, 0.1) is 97.6 Å². The van der Waals surface area contributed by atoms with Crippen LogP contribution in [0, 0.1) is 29.1 Å². The maximum atomic E-state index is 12.6. The van der Waals surface area contributed by atoms with E-state index < -0.39 is 206 Å². The highest BCUT2D eigenvalue weighted by atomic mass is 31.2. The van der Waals surface area contributed by atoms with Crippen LogP contribution in [-0.2, 0) is 83.5 Å². The van der Waals surface area contributed by atoms with Crippen molar-refractivity contribution in [1.29, 1.82) is 0 Å². The van der Waals surface area contributed by atoms with Crippen molar-refractivity contribution >= 4 is 23.5 Å². The Morgan fingerprint density at radius 2 is 0.700 bits per heavy atom. The van der Waals surface area contributed by atoms with E-state index in [1.807, 2.05) is 0 Å². The Bertz CT molecular complexity index is 1440. The number of aliphatic hydroxyl groups excluding tert-OH is 9. The molecule has 416 valence electrons. The molecular weight excluding hydrogens is 1020 g/mol. The fourth-order valence-corrected chi connectivity index (χ4v) is 8.73. The predicted molar refractivity (Wildman–Crippen MR) is 229 cm³/mol. The van der Waals surface area contributed by atoms with Crippen LogP contribution >= 0.6 is 23.5 Å². The molecule has 70 heavy (non-hydrogen) atoms. The third-order valence-electron chi connectivity index (χ3n) is 11.7. The molecule has 0 aliphatic carbocycles. The van der Waals surface area contributed by atoms with Crippen molar-refractivity contribution in [1.82, 2.24) is 0 Å². The number of aliphatic hydroxyl groups is 9. The summed E-state index contributed by atoms with van der Waals surface area (Å²) in [6.45, 7) is -0.223. The van der Waals surface area contributed by atoms with Gasteiger partial charge in [-0.3, -0.25) is 27.1 Å². The fourth-order valence-electron chi connectivity index (χ4n) is 6.97. The van der Waals surface area contributed by atoms with Gasteiger partial charge in [-0.25, -0.2) is 13.7 Å². The molecule has 12 N–H and O–H groups in total. The molecule has 0 spiro atoms. The summed E-state index contributed by atoms with van der Waals surface area (Å²) in [6.07, 6.45) is -14.6. The van der Waals surface area contributed by atoms with Crippen molar-refractivity contribution in [3.63, 3.8) is 0 Å². The molecule has 3 aliphatic heterocycles. The third-order valence-corrected chi connectivity index (χ3v) is 14.5. The van der Waals surface area contributed by atoms with Crippen molar-refractivity contribution in [2.75, 3.05) is 99.7 Å². The first kappa shape index (κ1) is 63.9. The monoisotopic (exact) mass is 1090 g/mol. The van der Waals surface area contributed by atoms with Gasteiger partial charge in [-0.1, -0.05) is 34.6 Å². The summed E-state index contributed by atoms with van der Waals surface area (Å²) in [5.41, 5.74) is -1.30. The van der Waals surface area contributed by atoms with E-state index in [0.717, 1.165) is 0 Å². The van der Waals surface area contributed by atoms with Crippen molar-refractivity contribution in [2.24, 2.45) is 29.1 Å². The van der Waals surface area contributed by atoms with Gasteiger partial charge in [-0.2, -0.15) is 0 Å². The lowest BCUT2D eigenvalue weighted by Gasteiger charge is -2.40. The van der Waals surface area contributed by atoms with E-state index in [1.54, 1.807) is 13.8 Å². The van der Waals surface area contributed by atoms with Gasteiger partial charge >= 0.3 is 23.5 Å². The molecule has 0 aromatic carbocycles. The summed E-state index contributed by atoms with van der Waals surface area (Å²) in [6, 6.07) is 0. The Morgan fingerprint density at radius 1 is 0.443 bits per heavy atom. The number of hydrogen-bond donors (Lipinski definition) is 12. The Hall–Kier alpha value is -0.390. The highest BCUT2D eigenvalue weighted by Gasteiger charge is 2.45. The Labute approximate surface area is 404 Å². The zero-order chi connectivity index (χ0) is 52.5. The first-order valence-corrected chi connectivity index (χ1v) is 26.6. The second-order valence-electron chi connectivity index (χ2n) is 17.0. The zero-order valence-electron chi connectivity index (χ0n) is 39.4. The van der Waals surface area contributed by atoms with Crippen LogP contribution in [0.2, 0.25) is 0 Å². The lowest BCUT2D eigenvalue weighted by Crippen LogP contribution is -2.55. The largest absolute Gasteiger partial charge is 0.474 e. The molecule has 3 saturated heterocycles. The van der Waals surface area contributed by atoms with E-state index >= 15 is 0 Å². The molecule has 0 aromatic heterocycles. The van der Waals surface area contributed by atoms with E-state index in [-0.39, 0.29) is 19.8 Å². The number of hydrogen-bond acceptors (Lipinski definition) is 27. The highest BCUT2D eigenvalue weighted by Crippen LogP contribution is 2.45. The predicted octanol–water partition coefficient (Wildman–Crippen LogP) is -2.77. The smallest absolute Gasteiger partial charge is 0.394 e. The van der Waals surface area contributed by atoms with Crippen LogP contribution in [0.15, 0.2) is 0 Å². The van der Waals surface area contributed by atoms with E-state index in [0.29, 0.717) is 0 Å². The van der Waals surface area contributed by atoms with Gasteiger partial charge in [0, 0.05) is 23.2 Å². The van der Waals surface area contributed by atoms with Crippen molar-refractivity contribution in [2.45, 2.75) is 108 Å². The Morgan fingerprint density at radius 3 is 0.929 bits per heavy atom. The van der Waals surface area contributed by atoms with Gasteiger partial charge in [-0.05, 0) is 5.92 Å². The molecule has 33 heteroatoms. The van der Waals surface area contributed by atoms with E-state index in [2.05, 4.69) is 0 Å². The van der Waals surface area contributed by atoms with Gasteiger partial charge in [-0.15, -0.1) is 0 Å². The molecule has 3 aliphatic rings. The van der Waals surface area contributed by atoms with Crippen LogP contribution in [0.4, 0.5) is 0 Å². The average Bonchev–Trinajstić information content (AvgIpc) is 3.31. The first-order valence-electron chi connectivity index (χ1n) is 22.2. The summed E-state index contributed by atoms with van der Waals surface area (Å²) < 4.78 is 117. The summed E-state index contributed by atoms with van der Waals surface area (Å²) in [5, 5.41) is 88.9. The quantitative estimate of drug-likeness (QED) is 0.0176. The van der Waals surface area contributed by atoms with Crippen LogP contribution in [0.25, 0.3) is 0 Å². The van der Waals surface area contributed by atoms with E-state index in [4.69, 9.17) is 69.8 Å². The van der Waals surface area contributed by atoms with Gasteiger partial charge in [0.15, 0.2) is 39.2 Å². The molecule has 18 atom stereocenters. The van der Waals surface area contributed by atoms with Gasteiger partial charge < -0.3 is 103 Å². The molecule has 0 radical (unpaired) electrons. The summed E-state index contributed by atoms with van der Waals surface area (Å²) in [4.78, 5) is 30.7. The molecule has 3 heterocycles. The standard InChI is InChI=1S/C37H73O30P3/c1-21(2)37(15-53-18-62-68(47,48)59-9-6-56-34-22(3)28(41)31(44)25(12-38)65-34,16-54-19-63-69(49,50)60-10-7-57-35-23(4)29(42)32(45)26(13-39)66-35)17-55-20-64-70(51,52)61-11-8-58-36-24(5)30(43)33(46)27(14-40)67-36/h21-36,38-46H,6-20H2,1-5H3,(H,47,48)(H,49,50)(H,51,52)/t22-,23-,24-,25?,26?,27?,28?,29?,30?,31-,32-,33-,34+,35+,36+,37?/m0/s1. The third kappa shape index (κ3) is 20.0. The molecular formula is C37H73O30P3. The summed E-state index contributed by atoms with van der Waals surface area (Å²) >= 11 is 0. The lowest BCUT2D eigenvalue weighted by molar-refractivity contribution is -0.283. The number of ether oxygens (including phenoxy) is 9. The second kappa shape index (κ2) is 30.4. The van der Waals surface area contributed by atoms with Crippen LogP contribution in [0.1, 0.15) is 34.6 Å². The van der Waals surface area contributed by atoms with Crippen molar-refractivity contribution in [3.8, 4) is 0 Å². The molecule has 0 bridgehead atoms. The minimum Gasteiger partial charge on any atom is -0.394 e. The number of rotatable bonds is 34. The maximum absolute atomic E-state index is 12.6. The topological polar surface area (TPSA) is 432 Å². The van der Waals surface area contributed by atoms with Crippen LogP contribution in [-0.4, -0.2) is 234 Å². The first-order chi connectivity index (χ1) is 32.8. The molecule has 0 saturated carbocycles. The summed E-state index contributed by atoms with van der Waals surface area (Å²) in [7, 11) is -14.4. The molecule has 0 aromatic rings. The SMILES string of the molecule is CC(C)C(COCOP(=O)(O)OCCO[C@@H]1OC(CO)[C@H](O)C(O)[C@@H]1C)(COCOP(=O)(O)OCCO[C@@H]1OC(CO)[C@H](O)C(O)[C@@H]1C)COCOP(=O)(O)OCCO[C@@H]1OC(CO)[C@H](O)C(O)[C@@H]1C. The highest BCUT2D eigenvalue weighted by molar-refractivity contribution is 7.47. The van der Waals surface area contributed by atoms with Gasteiger partial charge in [0.2, 0.25) is 0 Å². The minimum absolute atomic E-state index is 0.340. The Kier molecular flexibility index (Phi) is 27.7. The molecule has 9 unspecified atom stereocenters. The van der Waals surface area contributed by atoms with Gasteiger partial charge in [0.25, 0.3) is 0 Å². The van der Waals surface area contributed by atoms with E-state index in [1.165, 1.54) is 20.8 Å². The Balaban J connectivity index is 1.53. The average molecular weight is 1090 g/mol. The molecule has 30 nitrogen and oxygen atoms in total. The fraction of sp³-hybridized carbons (Fsp3) is 1.00. The normalized spacial score (nSPS) is 35.5. The van der Waals surface area contributed by atoms with Crippen molar-refractivity contribution in [3.05, 3.63) is 0 Å². The van der Waals surface area contributed by atoms with Crippen LogP contribution < -0.4 is 0 Å². The van der Waals surface area contributed by atoms with Gasteiger partial charge in [0.1, 0.15) is 36.6 Å². The van der Waals surface area contributed by atoms with E-state index in [9.17, 15) is 74.3 Å². The van der Waals surface area contributed by atoms with Crippen LogP contribution in [0.3, 0.4) is 0 Å². The molecule has 3 rings (SSSR count). The summed E-state index contributed by atoms with van der Waals surface area (Å²) in [5.74, 6) is -2.69. The molecule has 0 amide bonds. The molecule has 3 fully saturated rings. The minimum atomic E-state index is -4.80. The lowest BCUT2D eigenvalue weighted by atomic mass is 9.79.